The predicted molar refractivity (Wildman–Crippen MR) is 435 cm³/mol. The summed E-state index contributed by atoms with van der Waals surface area (Å²) in [5, 5.41) is 201. The van der Waals surface area contributed by atoms with E-state index in [1.54, 1.807) is 48.5 Å². The Morgan fingerprint density at radius 1 is 0.145 bits per heavy atom. The quantitative estimate of drug-likeness (QED) is 0.0170. The highest BCUT2D eigenvalue weighted by molar-refractivity contribution is 5.68. The van der Waals surface area contributed by atoms with E-state index in [9.17, 15) is 81.7 Å². The second-order valence-electron chi connectivity index (χ2n) is 31.7. The van der Waals surface area contributed by atoms with Crippen molar-refractivity contribution in [2.45, 2.75) is 298 Å². The van der Waals surface area contributed by atoms with Crippen LogP contribution in [0.5, 0.6) is 92.0 Å². The zero-order valence-electron chi connectivity index (χ0n) is 66.1. The molecule has 594 valence electrons. The van der Waals surface area contributed by atoms with Gasteiger partial charge in [0.25, 0.3) is 0 Å². The minimum Gasteiger partial charge on any atom is -0.507 e. The number of phenols is 16. The normalized spacial score (nSPS) is 12.8. The molecule has 8 aromatic carbocycles. The van der Waals surface area contributed by atoms with Gasteiger partial charge in [-0.15, -0.1) is 0 Å². The minimum atomic E-state index is -0.380. The molecular weight excluding hydrogens is 1390 g/mol. The summed E-state index contributed by atoms with van der Waals surface area (Å²) in [5.74, 6) is -3.48. The molecule has 110 heavy (non-hydrogen) atoms. The highest BCUT2D eigenvalue weighted by Crippen LogP contribution is 2.51. The van der Waals surface area contributed by atoms with E-state index in [2.05, 4.69) is 41.5 Å². The van der Waals surface area contributed by atoms with Crippen LogP contribution in [0.3, 0.4) is 0 Å². The van der Waals surface area contributed by atoms with E-state index in [-0.39, 0.29) is 212 Å². The Balaban J connectivity index is 1.18. The van der Waals surface area contributed by atoms with Gasteiger partial charge in [-0.25, -0.2) is 0 Å². The van der Waals surface area contributed by atoms with Gasteiger partial charge in [0.15, 0.2) is 0 Å². The summed E-state index contributed by atoms with van der Waals surface area (Å²) in [6.07, 6.45) is 20.5. The monoisotopic (exact) mass is 1510 g/mol. The van der Waals surface area contributed by atoms with Gasteiger partial charge in [-0.05, 0) is 227 Å². The summed E-state index contributed by atoms with van der Waals surface area (Å²) in [7, 11) is 0. The van der Waals surface area contributed by atoms with Gasteiger partial charge >= 0.3 is 0 Å². The van der Waals surface area contributed by atoms with E-state index in [0.29, 0.717) is 155 Å². The number of unbranched alkanes of at least 4 members (excludes halogenated alkanes) is 18. The van der Waals surface area contributed by atoms with E-state index >= 15 is 0 Å². The fourth-order valence-corrected chi connectivity index (χ4v) is 17.1. The van der Waals surface area contributed by atoms with E-state index < -0.39 is 0 Å². The van der Waals surface area contributed by atoms with Crippen molar-refractivity contribution in [3.8, 4) is 92.0 Å². The molecule has 2 aliphatic carbocycles. The van der Waals surface area contributed by atoms with Crippen molar-refractivity contribution in [2.24, 2.45) is 0 Å². The van der Waals surface area contributed by atoms with Crippen LogP contribution in [-0.4, -0.2) is 81.7 Å². The highest BCUT2D eigenvalue weighted by Gasteiger charge is 2.32. The lowest BCUT2D eigenvalue weighted by molar-refractivity contribution is 0.416. The van der Waals surface area contributed by atoms with E-state index in [1.165, 1.54) is 0 Å². The maximum atomic E-state index is 13.0. The topological polar surface area (TPSA) is 324 Å². The van der Waals surface area contributed by atoms with Crippen LogP contribution < -0.4 is 0 Å². The van der Waals surface area contributed by atoms with Crippen LogP contribution in [0.25, 0.3) is 0 Å². The second-order valence-corrected chi connectivity index (χ2v) is 31.7. The van der Waals surface area contributed by atoms with Crippen LogP contribution in [0.1, 0.15) is 329 Å². The summed E-state index contributed by atoms with van der Waals surface area (Å²) in [6.45, 7) is 12.6. The highest BCUT2D eigenvalue weighted by atomic mass is 16.3. The Hall–Kier alpha value is -9.44. The van der Waals surface area contributed by atoms with Crippen molar-refractivity contribution in [3.05, 3.63) is 182 Å². The van der Waals surface area contributed by atoms with Crippen molar-refractivity contribution < 1.29 is 81.7 Å². The molecule has 0 saturated heterocycles. The number of phenolic OH excluding ortho intramolecular Hbond substituents is 16. The molecule has 0 aliphatic heterocycles. The van der Waals surface area contributed by atoms with E-state index in [4.69, 9.17) is 0 Å². The predicted octanol–water partition coefficient (Wildman–Crippen LogP) is 20.9. The van der Waals surface area contributed by atoms with Crippen molar-refractivity contribution >= 4 is 0 Å². The van der Waals surface area contributed by atoms with E-state index in [1.807, 2.05) is 0 Å². The molecule has 16 nitrogen and oxygen atoms in total. The van der Waals surface area contributed by atoms with Gasteiger partial charge in [-0.3, -0.25) is 0 Å². The molecule has 0 atom stereocenters. The summed E-state index contributed by atoms with van der Waals surface area (Å²) in [6, 6.07) is 13.2. The molecule has 0 fully saturated rings. The maximum Gasteiger partial charge on any atom is 0.126 e. The molecule has 16 bridgehead atoms. The lowest BCUT2D eigenvalue weighted by Gasteiger charge is -2.23. The Morgan fingerprint density at radius 3 is 0.345 bits per heavy atom. The molecule has 8 aromatic rings. The number of rotatable bonds is 33. The van der Waals surface area contributed by atoms with Gasteiger partial charge in [0.2, 0.25) is 0 Å². The minimum absolute atomic E-state index is 0.0208. The maximum absolute atomic E-state index is 13.0. The van der Waals surface area contributed by atoms with Crippen LogP contribution in [0.2, 0.25) is 0 Å². The first-order valence-electron chi connectivity index (χ1n) is 41.4. The molecule has 10 rings (SSSR count). The van der Waals surface area contributed by atoms with Crippen LogP contribution >= 0.6 is 0 Å². The van der Waals surface area contributed by atoms with Gasteiger partial charge in [-0.1, -0.05) is 157 Å². The largest absolute Gasteiger partial charge is 0.507 e. The third-order valence-electron chi connectivity index (χ3n) is 23.6. The first-order chi connectivity index (χ1) is 53.0. The standard InChI is InChI=1S/C94H122O16/c1-7-13-19-25-31-71-79(95)55-39-56(80(71)96)42-60-46-64(88(104)74(84(60)100)34-28-22-16-10-4)50-68-53-67(49-63-45-59(41-55)83(99)73(87(63)103)33-27-21-15-9-3)91(107)77(92(68)108)37-38-78-93(109)69-51-65-47-61(85(101)75(89(65)105)35-29-23-17-11-5)43-57-40-58(82(98)72(81(57)97)32-26-20-14-8-2)44-62-48-66(52-70(54-69)94(78)110)90(106)76(86(62)102)36-30-24-18-12-6/h39-40,45-48,53-54,95-110H,7-38,41-44,49-52H2,1-6H3. The van der Waals surface area contributed by atoms with Crippen LogP contribution in [-0.2, 0) is 103 Å². The van der Waals surface area contributed by atoms with Gasteiger partial charge in [-0.2, -0.15) is 0 Å². The van der Waals surface area contributed by atoms with Crippen molar-refractivity contribution in [1.82, 2.24) is 0 Å². The molecule has 16 N–H and O–H groups in total. The molecule has 0 saturated carbocycles. The zero-order valence-corrected chi connectivity index (χ0v) is 66.1. The number of aromatic hydroxyl groups is 16. The molecule has 0 spiro atoms. The lowest BCUT2D eigenvalue weighted by Crippen LogP contribution is -2.07. The van der Waals surface area contributed by atoms with Crippen molar-refractivity contribution in [1.29, 1.82) is 0 Å². The van der Waals surface area contributed by atoms with Gasteiger partial charge in [0, 0.05) is 95.9 Å². The van der Waals surface area contributed by atoms with Gasteiger partial charge in [0.1, 0.15) is 92.0 Å². The molecule has 0 unspecified atom stereocenters. The smallest absolute Gasteiger partial charge is 0.126 e. The molecule has 0 amide bonds. The molecule has 16 heteroatoms. The fourth-order valence-electron chi connectivity index (χ4n) is 17.1. The lowest BCUT2D eigenvalue weighted by atomic mass is 9.85. The van der Waals surface area contributed by atoms with Crippen molar-refractivity contribution in [3.63, 3.8) is 0 Å². The van der Waals surface area contributed by atoms with Gasteiger partial charge < -0.3 is 81.7 Å². The third kappa shape index (κ3) is 18.8. The summed E-state index contributed by atoms with van der Waals surface area (Å²) >= 11 is 0. The number of hydrogen-bond donors (Lipinski definition) is 16. The summed E-state index contributed by atoms with van der Waals surface area (Å²) in [5.41, 5.74) is 6.95. The number of hydrogen-bond acceptors (Lipinski definition) is 16. The number of fused-ring (bicyclic) bond motifs is 16. The SMILES string of the molecule is CCCCCCc1c(O)c2cc(c1O)Cc1cc(c(O)c(CCCCCC)c1O)Cc1cc(c(O)c(CCc3c(O)c4cc(c3O)Cc3cc(c(O)c(CCCCCC)c3O)Cc3cc(c(O)c(CCCCCC)c3O)Cc3cc(c(O)c(CCCCCC)c3O)C4)c1O)Cc1cc(c(O)c(CCCCCC)c1O)C2. The average Bonchev–Trinajstić information content (AvgIpc) is 0.767. The molecular formula is C94H122O16. The van der Waals surface area contributed by atoms with Crippen LogP contribution in [0.15, 0.2) is 48.5 Å². The molecule has 0 heterocycles. The summed E-state index contributed by atoms with van der Waals surface area (Å²) < 4.78 is 0. The van der Waals surface area contributed by atoms with Crippen LogP contribution in [0, 0.1) is 0 Å². The number of benzene rings is 8. The second kappa shape index (κ2) is 38.5. The van der Waals surface area contributed by atoms with Gasteiger partial charge in [0.05, 0.1) is 0 Å². The Labute approximate surface area is 650 Å². The summed E-state index contributed by atoms with van der Waals surface area (Å²) in [4.78, 5) is 0. The van der Waals surface area contributed by atoms with Crippen molar-refractivity contribution in [2.75, 3.05) is 0 Å². The Kier molecular flexibility index (Phi) is 29.0. The zero-order chi connectivity index (χ0) is 79.0. The Bertz CT molecular complexity index is 4020. The Morgan fingerprint density at radius 2 is 0.245 bits per heavy atom. The van der Waals surface area contributed by atoms with Crippen LogP contribution in [0.4, 0.5) is 0 Å². The van der Waals surface area contributed by atoms with E-state index in [0.717, 1.165) is 116 Å². The third-order valence-corrected chi connectivity index (χ3v) is 23.6. The average molecular weight is 1510 g/mol. The molecule has 0 radical (unpaired) electrons. The first kappa shape index (κ1) is 83.0. The molecule has 2 aliphatic rings. The first-order valence-corrected chi connectivity index (χ1v) is 41.4. The fraction of sp³-hybridized carbons (Fsp3) is 0.489. The molecule has 0 aromatic heterocycles.